The molecule has 0 aliphatic heterocycles. The summed E-state index contributed by atoms with van der Waals surface area (Å²) in [4.78, 5) is 23.1. The average Bonchev–Trinajstić information content (AvgIpc) is 2.69. The summed E-state index contributed by atoms with van der Waals surface area (Å²) in [7, 11) is 1.97. The number of pyridine rings is 2. The maximum Gasteiger partial charge on any atom is 0.255 e. The minimum absolute atomic E-state index is 0.174. The molecule has 3 aromatic rings. The van der Waals surface area contributed by atoms with Crippen LogP contribution in [0.25, 0.3) is 0 Å². The highest BCUT2D eigenvalue weighted by Gasteiger charge is 2.11. The summed E-state index contributed by atoms with van der Waals surface area (Å²) in [5, 5.41) is 3.57. The van der Waals surface area contributed by atoms with Crippen molar-refractivity contribution < 1.29 is 4.79 Å². The van der Waals surface area contributed by atoms with Gasteiger partial charge in [-0.25, -0.2) is 4.98 Å². The van der Waals surface area contributed by atoms with Crippen LogP contribution in [0.3, 0.4) is 0 Å². The Kier molecular flexibility index (Phi) is 6.04. The highest BCUT2D eigenvalue weighted by atomic mass is 35.5. The van der Waals surface area contributed by atoms with Crippen LogP contribution in [0.2, 0.25) is 5.02 Å². The Morgan fingerprint density at radius 2 is 1.89 bits per heavy atom. The first-order valence-electron chi connectivity index (χ1n) is 8.66. The quantitative estimate of drug-likeness (QED) is 0.689. The molecule has 1 N–H and O–H groups in total. The number of aromatic nitrogens is 2. The van der Waals surface area contributed by atoms with Crippen molar-refractivity contribution in [2.24, 2.45) is 0 Å². The van der Waals surface area contributed by atoms with Crippen molar-refractivity contribution in [2.45, 2.75) is 13.3 Å². The second-order valence-electron chi connectivity index (χ2n) is 6.34. The van der Waals surface area contributed by atoms with Gasteiger partial charge in [0.05, 0.1) is 0 Å². The number of nitrogens with one attached hydrogen (secondary N) is 1. The van der Waals surface area contributed by atoms with Gasteiger partial charge in [-0.05, 0) is 66.9 Å². The van der Waals surface area contributed by atoms with E-state index in [0.717, 1.165) is 30.0 Å². The molecule has 0 aliphatic carbocycles. The number of hydrogen-bond acceptors (Lipinski definition) is 4. The normalized spacial score (nSPS) is 10.5. The molecule has 0 saturated carbocycles. The maximum atomic E-state index is 12.6. The topological polar surface area (TPSA) is 58.1 Å². The fourth-order valence-corrected chi connectivity index (χ4v) is 2.92. The molecule has 3 rings (SSSR count). The van der Waals surface area contributed by atoms with E-state index in [1.54, 1.807) is 42.9 Å². The molecule has 138 valence electrons. The summed E-state index contributed by atoms with van der Waals surface area (Å²) in [6.45, 7) is 2.70. The van der Waals surface area contributed by atoms with E-state index in [-0.39, 0.29) is 5.91 Å². The lowest BCUT2D eigenvalue weighted by Gasteiger charge is -2.18. The Morgan fingerprint density at radius 1 is 1.11 bits per heavy atom. The number of nitrogens with zero attached hydrogens (tertiary/aromatic N) is 3. The molecule has 1 aromatic carbocycles. The molecule has 0 saturated heterocycles. The van der Waals surface area contributed by atoms with E-state index >= 15 is 0 Å². The molecule has 0 radical (unpaired) electrons. The Morgan fingerprint density at radius 3 is 2.63 bits per heavy atom. The first-order valence-corrected chi connectivity index (χ1v) is 9.04. The second kappa shape index (κ2) is 8.64. The molecule has 6 heteroatoms. The van der Waals surface area contributed by atoms with E-state index < -0.39 is 0 Å². The number of aryl methyl sites for hydroxylation is 1. The van der Waals surface area contributed by atoms with E-state index in [2.05, 4.69) is 15.3 Å². The first-order chi connectivity index (χ1) is 13.0. The van der Waals surface area contributed by atoms with Gasteiger partial charge in [0.25, 0.3) is 5.91 Å². The van der Waals surface area contributed by atoms with Crippen LogP contribution >= 0.6 is 11.6 Å². The zero-order valence-corrected chi connectivity index (χ0v) is 16.1. The van der Waals surface area contributed by atoms with Crippen molar-refractivity contribution in [3.05, 3.63) is 82.8 Å². The third kappa shape index (κ3) is 5.05. The van der Waals surface area contributed by atoms with Crippen LogP contribution in [0.4, 0.5) is 11.5 Å². The third-order valence-electron chi connectivity index (χ3n) is 4.32. The SMILES string of the molecule is Cc1cc(Cl)ccc1NC(=O)c1ccnc(N(C)CCc2ccncc2)c1. The van der Waals surface area contributed by atoms with Crippen LogP contribution in [0.5, 0.6) is 0 Å². The largest absolute Gasteiger partial charge is 0.359 e. The molecular weight excluding hydrogens is 360 g/mol. The predicted octanol–water partition coefficient (Wildman–Crippen LogP) is 4.37. The average molecular weight is 381 g/mol. The van der Waals surface area contributed by atoms with Crippen molar-refractivity contribution in [3.63, 3.8) is 0 Å². The fourth-order valence-electron chi connectivity index (χ4n) is 2.69. The van der Waals surface area contributed by atoms with E-state index in [0.29, 0.717) is 10.6 Å². The number of rotatable bonds is 6. The maximum absolute atomic E-state index is 12.6. The van der Waals surface area contributed by atoms with Crippen molar-refractivity contribution in [2.75, 3.05) is 23.8 Å². The Balaban J connectivity index is 1.67. The molecule has 0 aliphatic rings. The first kappa shape index (κ1) is 18.9. The van der Waals surface area contributed by atoms with Gasteiger partial charge in [-0.3, -0.25) is 9.78 Å². The fraction of sp³-hybridized carbons (Fsp3) is 0.190. The van der Waals surface area contributed by atoms with Crippen LogP contribution in [-0.4, -0.2) is 29.5 Å². The number of likely N-dealkylation sites (N-methyl/N-ethyl adjacent to an activating group) is 1. The molecule has 0 atom stereocenters. The van der Waals surface area contributed by atoms with Gasteiger partial charge in [0, 0.05) is 48.5 Å². The number of carbonyl (C=O) groups is 1. The van der Waals surface area contributed by atoms with Gasteiger partial charge in [-0.1, -0.05) is 11.6 Å². The van der Waals surface area contributed by atoms with Crippen molar-refractivity contribution in [1.29, 1.82) is 0 Å². The van der Waals surface area contributed by atoms with Crippen LogP contribution in [0.15, 0.2) is 61.1 Å². The summed E-state index contributed by atoms with van der Waals surface area (Å²) in [6, 6.07) is 12.9. The number of anilines is 2. The predicted molar refractivity (Wildman–Crippen MR) is 110 cm³/mol. The zero-order chi connectivity index (χ0) is 19.2. The van der Waals surface area contributed by atoms with E-state index in [9.17, 15) is 4.79 Å². The van der Waals surface area contributed by atoms with Gasteiger partial charge in [-0.2, -0.15) is 0 Å². The van der Waals surface area contributed by atoms with Gasteiger partial charge >= 0.3 is 0 Å². The number of amides is 1. The van der Waals surface area contributed by atoms with E-state index in [1.165, 1.54) is 5.56 Å². The molecule has 2 heterocycles. The van der Waals surface area contributed by atoms with Crippen molar-refractivity contribution in [1.82, 2.24) is 9.97 Å². The molecule has 0 unspecified atom stereocenters. The smallest absolute Gasteiger partial charge is 0.255 e. The van der Waals surface area contributed by atoms with Crippen LogP contribution in [-0.2, 0) is 6.42 Å². The van der Waals surface area contributed by atoms with Gasteiger partial charge in [0.15, 0.2) is 0 Å². The molecular formula is C21H21ClN4O. The second-order valence-corrected chi connectivity index (χ2v) is 6.78. The summed E-state index contributed by atoms with van der Waals surface area (Å²) in [6.07, 6.45) is 6.11. The minimum atomic E-state index is -0.174. The number of hydrogen-bond donors (Lipinski definition) is 1. The molecule has 5 nitrogen and oxygen atoms in total. The van der Waals surface area contributed by atoms with Gasteiger partial charge in [-0.15, -0.1) is 0 Å². The van der Waals surface area contributed by atoms with Crippen LogP contribution in [0, 0.1) is 6.92 Å². The molecule has 27 heavy (non-hydrogen) atoms. The van der Waals surface area contributed by atoms with Gasteiger partial charge in [0.1, 0.15) is 5.82 Å². The molecule has 1 amide bonds. The number of benzene rings is 1. The monoisotopic (exact) mass is 380 g/mol. The molecule has 0 fully saturated rings. The van der Waals surface area contributed by atoms with Crippen molar-refractivity contribution >= 4 is 29.0 Å². The lowest BCUT2D eigenvalue weighted by Crippen LogP contribution is -2.22. The van der Waals surface area contributed by atoms with Crippen LogP contribution < -0.4 is 10.2 Å². The van der Waals surface area contributed by atoms with Crippen molar-refractivity contribution in [3.8, 4) is 0 Å². The zero-order valence-electron chi connectivity index (χ0n) is 15.3. The Hall–Kier alpha value is -2.92. The summed E-state index contributed by atoms with van der Waals surface area (Å²) in [5.74, 6) is 0.580. The summed E-state index contributed by atoms with van der Waals surface area (Å²) >= 11 is 5.97. The minimum Gasteiger partial charge on any atom is -0.359 e. The summed E-state index contributed by atoms with van der Waals surface area (Å²) in [5.41, 5.74) is 3.43. The lowest BCUT2D eigenvalue weighted by molar-refractivity contribution is 0.102. The van der Waals surface area contributed by atoms with Crippen LogP contribution in [0.1, 0.15) is 21.5 Å². The molecule has 0 bridgehead atoms. The molecule has 0 spiro atoms. The standard InChI is InChI=1S/C21H21ClN4O/c1-15-13-18(22)3-4-19(15)25-21(27)17-7-11-24-20(14-17)26(2)12-8-16-5-9-23-10-6-16/h3-7,9-11,13-14H,8,12H2,1-2H3,(H,25,27). The third-order valence-corrected chi connectivity index (χ3v) is 4.56. The summed E-state index contributed by atoms with van der Waals surface area (Å²) < 4.78 is 0. The highest BCUT2D eigenvalue weighted by molar-refractivity contribution is 6.30. The van der Waals surface area contributed by atoms with E-state index in [4.69, 9.17) is 11.6 Å². The van der Waals surface area contributed by atoms with Gasteiger partial charge in [0.2, 0.25) is 0 Å². The molecule has 2 aromatic heterocycles. The van der Waals surface area contributed by atoms with E-state index in [1.807, 2.05) is 37.1 Å². The van der Waals surface area contributed by atoms with Gasteiger partial charge < -0.3 is 10.2 Å². The highest BCUT2D eigenvalue weighted by Crippen LogP contribution is 2.21. The Bertz CT molecular complexity index is 930. The number of carbonyl (C=O) groups excluding carboxylic acids is 1. The number of halogens is 1. The Labute approximate surface area is 164 Å². The lowest BCUT2D eigenvalue weighted by atomic mass is 10.1.